The molecule has 0 aromatic heterocycles. The maximum Gasteiger partial charge on any atom is 0.309 e. The predicted molar refractivity (Wildman–Crippen MR) is 173 cm³/mol. The van der Waals surface area contributed by atoms with Crippen LogP contribution in [-0.4, -0.2) is 30.0 Å². The zero-order valence-corrected chi connectivity index (χ0v) is 25.1. The molecule has 7 nitrogen and oxygen atoms in total. The molecule has 0 heterocycles. The molecule has 1 aliphatic carbocycles. The van der Waals surface area contributed by atoms with Gasteiger partial charge in [-0.2, -0.15) is 0 Å². The first-order valence-corrected chi connectivity index (χ1v) is 15.0. The van der Waals surface area contributed by atoms with E-state index in [4.69, 9.17) is 0 Å². The lowest BCUT2D eigenvalue weighted by Crippen LogP contribution is -2.39. The molecule has 0 unspecified atom stereocenters. The average Bonchev–Trinajstić information content (AvgIpc) is 3.83. The van der Waals surface area contributed by atoms with E-state index in [1.54, 1.807) is 12.1 Å². The van der Waals surface area contributed by atoms with Crippen LogP contribution in [0.25, 0.3) is 10.8 Å². The number of benzene rings is 4. The van der Waals surface area contributed by atoms with Crippen molar-refractivity contribution in [2.75, 3.05) is 11.9 Å². The normalized spacial score (nSPS) is 13.4. The van der Waals surface area contributed by atoms with Crippen molar-refractivity contribution in [2.24, 2.45) is 0 Å². The molecule has 0 saturated heterocycles. The van der Waals surface area contributed by atoms with E-state index in [-0.39, 0.29) is 30.2 Å². The van der Waals surface area contributed by atoms with Gasteiger partial charge in [0.15, 0.2) is 5.78 Å². The molecular weight excluding hydrogens is 550 g/mol. The zero-order chi connectivity index (χ0) is 31.1. The number of ketones is 1. The fourth-order valence-electron chi connectivity index (χ4n) is 5.76. The van der Waals surface area contributed by atoms with Gasteiger partial charge in [-0.05, 0) is 71.6 Å². The average molecular weight is 588 g/mol. The highest BCUT2D eigenvalue weighted by Gasteiger charge is 2.44. The highest BCUT2D eigenvalue weighted by molar-refractivity contribution is 6.35. The van der Waals surface area contributed by atoms with Crippen LogP contribution in [0.5, 0.6) is 0 Å². The molecule has 7 heteroatoms. The standard InChI is InChI=1S/C37H37N3O4/c1-25-10-7-11-26(2)34(25)40-33(42)18-9-23-38-35(43)36(44)39-24-28-13-4-6-16-30(28)32(41)19-20-37(21-22-37)31-17-8-14-27-12-3-5-15-29(27)31/h3-18H,19-24H2,1-2H3,(H,38,43)(H,39,44)(H,40,42)/b18-9+. The van der Waals surface area contributed by atoms with Gasteiger partial charge in [0.1, 0.15) is 0 Å². The molecule has 4 aromatic rings. The first kappa shape index (κ1) is 30.4. The summed E-state index contributed by atoms with van der Waals surface area (Å²) < 4.78 is 0. The van der Waals surface area contributed by atoms with Crippen LogP contribution in [0, 0.1) is 13.8 Å². The molecule has 5 rings (SSSR count). The molecule has 0 atom stereocenters. The number of para-hydroxylation sites is 1. The SMILES string of the molecule is Cc1cccc(C)c1NC(=O)/C=C/CNC(=O)C(=O)NCc1ccccc1C(=O)CCC1(c2cccc3ccccc23)CC1. The van der Waals surface area contributed by atoms with Crippen molar-refractivity contribution in [1.29, 1.82) is 0 Å². The molecular formula is C37H37N3O4. The van der Waals surface area contributed by atoms with Crippen molar-refractivity contribution in [3.05, 3.63) is 125 Å². The van der Waals surface area contributed by atoms with E-state index in [1.165, 1.54) is 28.5 Å². The zero-order valence-electron chi connectivity index (χ0n) is 25.1. The number of rotatable bonds is 11. The smallest absolute Gasteiger partial charge is 0.309 e. The van der Waals surface area contributed by atoms with E-state index in [9.17, 15) is 19.2 Å². The molecule has 44 heavy (non-hydrogen) atoms. The summed E-state index contributed by atoms with van der Waals surface area (Å²) in [6, 6.07) is 27.7. The van der Waals surface area contributed by atoms with Crippen LogP contribution < -0.4 is 16.0 Å². The maximum atomic E-state index is 13.4. The minimum absolute atomic E-state index is 0.0138. The third-order valence-electron chi connectivity index (χ3n) is 8.39. The van der Waals surface area contributed by atoms with E-state index in [2.05, 4.69) is 52.3 Å². The molecule has 3 N–H and O–H groups in total. The Kier molecular flexibility index (Phi) is 9.34. The Morgan fingerprint density at radius 2 is 1.43 bits per heavy atom. The molecule has 0 radical (unpaired) electrons. The van der Waals surface area contributed by atoms with E-state index in [0.717, 1.165) is 36.1 Å². The molecule has 1 aliphatic rings. The molecule has 3 amide bonds. The molecule has 0 bridgehead atoms. The van der Waals surface area contributed by atoms with Crippen LogP contribution in [0.3, 0.4) is 0 Å². The molecule has 1 saturated carbocycles. The fourth-order valence-corrected chi connectivity index (χ4v) is 5.76. The van der Waals surface area contributed by atoms with Crippen LogP contribution in [-0.2, 0) is 26.3 Å². The second kappa shape index (κ2) is 13.5. The van der Waals surface area contributed by atoms with Gasteiger partial charge in [-0.15, -0.1) is 0 Å². The number of carbonyl (C=O) groups is 4. The Hall–Kier alpha value is -5.04. The van der Waals surface area contributed by atoms with Crippen molar-refractivity contribution in [3.63, 3.8) is 0 Å². The number of amides is 3. The summed E-state index contributed by atoms with van der Waals surface area (Å²) in [6.07, 6.45) is 6.09. The molecule has 224 valence electrons. The van der Waals surface area contributed by atoms with Crippen molar-refractivity contribution < 1.29 is 19.2 Å². The van der Waals surface area contributed by atoms with Gasteiger partial charge in [0.05, 0.1) is 0 Å². The van der Waals surface area contributed by atoms with Crippen LogP contribution in [0.4, 0.5) is 5.69 Å². The topological polar surface area (TPSA) is 104 Å². The second-order valence-corrected chi connectivity index (χ2v) is 11.4. The first-order valence-electron chi connectivity index (χ1n) is 15.0. The van der Waals surface area contributed by atoms with E-state index in [1.807, 2.05) is 50.2 Å². The molecule has 0 aliphatic heterocycles. The van der Waals surface area contributed by atoms with E-state index >= 15 is 0 Å². The predicted octanol–water partition coefficient (Wildman–Crippen LogP) is 6.08. The lowest BCUT2D eigenvalue weighted by molar-refractivity contribution is -0.139. The van der Waals surface area contributed by atoms with Gasteiger partial charge in [0.25, 0.3) is 0 Å². The summed E-state index contributed by atoms with van der Waals surface area (Å²) in [7, 11) is 0. The third-order valence-corrected chi connectivity index (χ3v) is 8.39. The first-order chi connectivity index (χ1) is 21.3. The number of carbonyl (C=O) groups excluding carboxylic acids is 4. The van der Waals surface area contributed by atoms with E-state index < -0.39 is 11.8 Å². The number of hydrogen-bond acceptors (Lipinski definition) is 4. The summed E-state index contributed by atoms with van der Waals surface area (Å²) in [5.41, 5.74) is 5.21. The van der Waals surface area contributed by atoms with Crippen LogP contribution in [0.1, 0.15) is 58.3 Å². The fraction of sp³-hybridized carbons (Fsp3) is 0.243. The lowest BCUT2D eigenvalue weighted by atomic mass is 9.85. The Balaban J connectivity index is 1.11. The van der Waals surface area contributed by atoms with Crippen LogP contribution in [0.15, 0.2) is 97.1 Å². The summed E-state index contributed by atoms with van der Waals surface area (Å²) >= 11 is 0. The van der Waals surface area contributed by atoms with Gasteiger partial charge in [0, 0.05) is 36.8 Å². The van der Waals surface area contributed by atoms with Gasteiger partial charge in [-0.25, -0.2) is 0 Å². The number of aryl methyl sites for hydroxylation is 2. The summed E-state index contributed by atoms with van der Waals surface area (Å²) in [5, 5.41) is 10.4. The molecule has 1 fully saturated rings. The molecule has 4 aromatic carbocycles. The number of Topliss-reactive ketones (excluding diaryl/α,β-unsaturated/α-hetero) is 1. The minimum atomic E-state index is -0.820. The highest BCUT2D eigenvalue weighted by atomic mass is 16.2. The number of hydrogen-bond donors (Lipinski definition) is 3. The van der Waals surface area contributed by atoms with Gasteiger partial charge in [-0.3, -0.25) is 19.2 Å². The van der Waals surface area contributed by atoms with Gasteiger partial charge in [-0.1, -0.05) is 91.0 Å². The van der Waals surface area contributed by atoms with Crippen molar-refractivity contribution in [2.45, 2.75) is 51.5 Å². The largest absolute Gasteiger partial charge is 0.344 e. The van der Waals surface area contributed by atoms with Gasteiger partial charge >= 0.3 is 11.8 Å². The van der Waals surface area contributed by atoms with Crippen LogP contribution >= 0.6 is 0 Å². The van der Waals surface area contributed by atoms with Gasteiger partial charge in [0.2, 0.25) is 5.91 Å². The Morgan fingerprint density at radius 3 is 2.20 bits per heavy atom. The monoisotopic (exact) mass is 587 g/mol. The Morgan fingerprint density at radius 1 is 0.773 bits per heavy atom. The quantitative estimate of drug-likeness (QED) is 0.112. The molecule has 0 spiro atoms. The minimum Gasteiger partial charge on any atom is -0.344 e. The van der Waals surface area contributed by atoms with Crippen molar-refractivity contribution in [3.8, 4) is 0 Å². The van der Waals surface area contributed by atoms with E-state index in [0.29, 0.717) is 17.5 Å². The van der Waals surface area contributed by atoms with Crippen molar-refractivity contribution >= 4 is 40.0 Å². The summed E-state index contributed by atoms with van der Waals surface area (Å²) in [4.78, 5) is 50.4. The summed E-state index contributed by atoms with van der Waals surface area (Å²) in [6.45, 7) is 3.89. The Labute approximate surface area is 257 Å². The second-order valence-electron chi connectivity index (χ2n) is 11.4. The number of anilines is 1. The number of nitrogens with one attached hydrogen (secondary N) is 3. The number of fused-ring (bicyclic) bond motifs is 1. The van der Waals surface area contributed by atoms with Crippen molar-refractivity contribution in [1.82, 2.24) is 10.6 Å². The maximum absolute atomic E-state index is 13.4. The third kappa shape index (κ3) is 7.11. The van der Waals surface area contributed by atoms with Crippen LogP contribution in [0.2, 0.25) is 0 Å². The Bertz CT molecular complexity index is 1730. The lowest BCUT2D eigenvalue weighted by Gasteiger charge is -2.18. The summed E-state index contributed by atoms with van der Waals surface area (Å²) in [5.74, 6) is -1.94. The van der Waals surface area contributed by atoms with Gasteiger partial charge < -0.3 is 16.0 Å². The highest BCUT2D eigenvalue weighted by Crippen LogP contribution is 2.53.